The van der Waals surface area contributed by atoms with Crippen molar-refractivity contribution in [2.24, 2.45) is 0 Å². The minimum atomic E-state index is 0.209. The predicted molar refractivity (Wildman–Crippen MR) is 84.6 cm³/mol. The molecule has 0 saturated carbocycles. The van der Waals surface area contributed by atoms with Crippen molar-refractivity contribution in [2.75, 3.05) is 19.7 Å². The zero-order valence-electron chi connectivity index (χ0n) is 12.1. The summed E-state index contributed by atoms with van der Waals surface area (Å²) in [7, 11) is 0. The summed E-state index contributed by atoms with van der Waals surface area (Å²) >= 11 is 7.97. The van der Waals surface area contributed by atoms with Crippen molar-refractivity contribution >= 4 is 33.2 Å². The molecule has 0 aromatic carbocycles. The van der Waals surface area contributed by atoms with E-state index in [1.54, 1.807) is 11.3 Å². The zero-order chi connectivity index (χ0) is 14.7. The fourth-order valence-corrected chi connectivity index (χ4v) is 3.59. The van der Waals surface area contributed by atoms with Gasteiger partial charge in [-0.15, -0.1) is 11.3 Å². The molecule has 0 aliphatic rings. The lowest BCUT2D eigenvalue weighted by Crippen LogP contribution is -2.25. The lowest BCUT2D eigenvalue weighted by atomic mass is 10.2. The van der Waals surface area contributed by atoms with Crippen LogP contribution in [0, 0.1) is 13.8 Å². The summed E-state index contributed by atoms with van der Waals surface area (Å²) in [4.78, 5) is 13.5. The summed E-state index contributed by atoms with van der Waals surface area (Å²) in [6.45, 7) is 8.86. The highest BCUT2D eigenvalue weighted by molar-refractivity contribution is 7.18. The van der Waals surface area contributed by atoms with Crippen LogP contribution in [0.5, 0.6) is 0 Å². The monoisotopic (exact) mass is 313 g/mol. The van der Waals surface area contributed by atoms with Crippen molar-refractivity contribution in [3.05, 3.63) is 21.4 Å². The molecule has 4 nitrogen and oxygen atoms in total. The molecule has 0 aliphatic carbocycles. The Labute approximate surface area is 128 Å². The average Bonchev–Trinajstić information content (AvgIpc) is 2.70. The van der Waals surface area contributed by atoms with Crippen LogP contribution in [0.1, 0.15) is 29.6 Å². The number of nitrogens with zero attached hydrogens (tertiary/aromatic N) is 3. The second-order valence-corrected chi connectivity index (χ2v) is 6.40. The van der Waals surface area contributed by atoms with E-state index in [0.717, 1.165) is 35.6 Å². The van der Waals surface area contributed by atoms with Crippen LogP contribution >= 0.6 is 22.9 Å². The van der Waals surface area contributed by atoms with Gasteiger partial charge in [0.2, 0.25) is 0 Å². The van der Waals surface area contributed by atoms with Gasteiger partial charge in [0.15, 0.2) is 0 Å². The van der Waals surface area contributed by atoms with E-state index in [2.05, 4.69) is 35.6 Å². The molecule has 2 heterocycles. The van der Waals surface area contributed by atoms with E-state index in [-0.39, 0.29) is 6.61 Å². The van der Waals surface area contributed by atoms with Gasteiger partial charge in [0.25, 0.3) is 0 Å². The van der Waals surface area contributed by atoms with E-state index in [9.17, 15) is 0 Å². The van der Waals surface area contributed by atoms with E-state index in [1.807, 2.05) is 0 Å². The third-order valence-electron chi connectivity index (χ3n) is 3.48. The largest absolute Gasteiger partial charge is 0.396 e. The van der Waals surface area contributed by atoms with Crippen LogP contribution in [-0.4, -0.2) is 39.7 Å². The number of aliphatic hydroxyl groups is 1. The van der Waals surface area contributed by atoms with Crippen LogP contribution in [0.4, 0.5) is 0 Å². The van der Waals surface area contributed by atoms with Crippen molar-refractivity contribution in [3.63, 3.8) is 0 Å². The molecule has 0 bridgehead atoms. The van der Waals surface area contributed by atoms with Gasteiger partial charge in [-0.1, -0.05) is 18.5 Å². The van der Waals surface area contributed by atoms with E-state index < -0.39 is 0 Å². The number of aliphatic hydroxyl groups excluding tert-OH is 1. The second kappa shape index (κ2) is 6.80. The van der Waals surface area contributed by atoms with Crippen molar-refractivity contribution < 1.29 is 5.11 Å². The average molecular weight is 314 g/mol. The molecule has 110 valence electrons. The number of hydrogen-bond donors (Lipinski definition) is 1. The maximum absolute atomic E-state index is 8.92. The maximum atomic E-state index is 8.92. The molecule has 0 aliphatic heterocycles. The highest BCUT2D eigenvalue weighted by Crippen LogP contribution is 2.32. The number of aryl methyl sites for hydroxylation is 2. The third kappa shape index (κ3) is 3.28. The van der Waals surface area contributed by atoms with Gasteiger partial charge in [0.1, 0.15) is 15.8 Å². The number of rotatable bonds is 6. The van der Waals surface area contributed by atoms with Gasteiger partial charge < -0.3 is 5.11 Å². The number of fused-ring (bicyclic) bond motifs is 1. The van der Waals surface area contributed by atoms with Gasteiger partial charge in [0.05, 0.1) is 11.9 Å². The van der Waals surface area contributed by atoms with Crippen LogP contribution in [-0.2, 0) is 6.54 Å². The Morgan fingerprint density at radius 1 is 1.30 bits per heavy atom. The number of hydrogen-bond acceptors (Lipinski definition) is 5. The summed E-state index contributed by atoms with van der Waals surface area (Å²) < 4.78 is 0. The lowest BCUT2D eigenvalue weighted by Gasteiger charge is -2.18. The SMILES string of the molecule is CCN(CCCO)Cc1nc(Cl)c2c(C)c(C)sc2n1. The molecule has 0 saturated heterocycles. The molecule has 0 fully saturated rings. The molecule has 0 spiro atoms. The lowest BCUT2D eigenvalue weighted by molar-refractivity contribution is 0.222. The van der Waals surface area contributed by atoms with Crippen LogP contribution in [0.2, 0.25) is 5.15 Å². The normalized spacial score (nSPS) is 11.7. The Kier molecular flexibility index (Phi) is 5.32. The van der Waals surface area contributed by atoms with Crippen molar-refractivity contribution in [1.82, 2.24) is 14.9 Å². The fraction of sp³-hybridized carbons (Fsp3) is 0.571. The summed E-state index contributed by atoms with van der Waals surface area (Å²) in [5.41, 5.74) is 1.18. The van der Waals surface area contributed by atoms with Crippen molar-refractivity contribution in [2.45, 2.75) is 33.7 Å². The minimum Gasteiger partial charge on any atom is -0.396 e. The number of aromatic nitrogens is 2. The van der Waals surface area contributed by atoms with Gasteiger partial charge in [-0.05, 0) is 32.4 Å². The Balaban J connectivity index is 2.27. The van der Waals surface area contributed by atoms with Gasteiger partial charge in [0, 0.05) is 18.0 Å². The quantitative estimate of drug-likeness (QED) is 0.832. The van der Waals surface area contributed by atoms with E-state index >= 15 is 0 Å². The Hall–Kier alpha value is -0.750. The first-order valence-electron chi connectivity index (χ1n) is 6.82. The first kappa shape index (κ1) is 15.6. The molecule has 6 heteroatoms. The Morgan fingerprint density at radius 3 is 2.70 bits per heavy atom. The van der Waals surface area contributed by atoms with Crippen molar-refractivity contribution in [3.8, 4) is 0 Å². The van der Waals surface area contributed by atoms with Crippen LogP contribution in [0.25, 0.3) is 10.2 Å². The van der Waals surface area contributed by atoms with E-state index in [0.29, 0.717) is 11.7 Å². The standard InChI is InChI=1S/C14H20ClN3OS/c1-4-18(6-5-7-19)8-11-16-13(15)12-9(2)10(3)20-14(12)17-11/h19H,4-8H2,1-3H3. The maximum Gasteiger partial charge on any atom is 0.145 e. The molecule has 2 rings (SSSR count). The molecule has 0 atom stereocenters. The molecule has 0 unspecified atom stereocenters. The smallest absolute Gasteiger partial charge is 0.145 e. The molecule has 2 aromatic heterocycles. The molecule has 0 amide bonds. The topological polar surface area (TPSA) is 49.2 Å². The van der Waals surface area contributed by atoms with Crippen LogP contribution in [0.15, 0.2) is 0 Å². The first-order valence-corrected chi connectivity index (χ1v) is 8.01. The summed E-state index contributed by atoms with van der Waals surface area (Å²) in [6.07, 6.45) is 0.765. The molecular weight excluding hydrogens is 294 g/mol. The van der Waals surface area contributed by atoms with Gasteiger partial charge in [-0.25, -0.2) is 9.97 Å². The predicted octanol–water partition coefficient (Wildman–Crippen LogP) is 3.17. The number of thiophene rings is 1. The molecule has 1 N–H and O–H groups in total. The number of halogens is 1. The van der Waals surface area contributed by atoms with E-state index in [4.69, 9.17) is 16.7 Å². The van der Waals surface area contributed by atoms with Crippen molar-refractivity contribution in [1.29, 1.82) is 0 Å². The second-order valence-electron chi connectivity index (χ2n) is 4.84. The van der Waals surface area contributed by atoms with Crippen LogP contribution in [0.3, 0.4) is 0 Å². The molecule has 2 aromatic rings. The van der Waals surface area contributed by atoms with Crippen LogP contribution < -0.4 is 0 Å². The molecular formula is C14H20ClN3OS. The molecule has 20 heavy (non-hydrogen) atoms. The highest BCUT2D eigenvalue weighted by Gasteiger charge is 2.14. The van der Waals surface area contributed by atoms with Gasteiger partial charge in [-0.2, -0.15) is 0 Å². The first-order chi connectivity index (χ1) is 9.56. The summed E-state index contributed by atoms with van der Waals surface area (Å²) in [5.74, 6) is 0.753. The van der Waals surface area contributed by atoms with Gasteiger partial charge in [-0.3, -0.25) is 4.90 Å². The zero-order valence-corrected chi connectivity index (χ0v) is 13.7. The highest BCUT2D eigenvalue weighted by atomic mass is 35.5. The summed E-state index contributed by atoms with van der Waals surface area (Å²) in [5, 5.41) is 10.4. The minimum absolute atomic E-state index is 0.209. The van der Waals surface area contributed by atoms with Gasteiger partial charge >= 0.3 is 0 Å². The summed E-state index contributed by atoms with van der Waals surface area (Å²) in [6, 6.07) is 0. The van der Waals surface area contributed by atoms with E-state index in [1.165, 1.54) is 10.4 Å². The third-order valence-corrected chi connectivity index (χ3v) is 4.85. The Bertz CT molecular complexity index is 600. The fourth-order valence-electron chi connectivity index (χ4n) is 2.16. The Morgan fingerprint density at radius 2 is 2.05 bits per heavy atom. The molecule has 0 radical (unpaired) electrons.